The molecule has 0 amide bonds. The summed E-state index contributed by atoms with van der Waals surface area (Å²) in [5.41, 5.74) is -6.41. The molecular formula is C86H75F9N14O18S. The van der Waals surface area contributed by atoms with Gasteiger partial charge in [0.2, 0.25) is 0 Å². The first kappa shape index (κ1) is 93.3. The van der Waals surface area contributed by atoms with Crippen LogP contribution in [0.25, 0.3) is 44.1 Å². The van der Waals surface area contributed by atoms with Gasteiger partial charge in [-0.05, 0) is 106 Å². The lowest BCUT2D eigenvalue weighted by atomic mass is 10.1. The Kier molecular flexibility index (Phi) is 29.9. The van der Waals surface area contributed by atoms with Crippen molar-refractivity contribution >= 4 is 83.5 Å². The minimum absolute atomic E-state index is 0.0162. The fourth-order valence-electron chi connectivity index (χ4n) is 12.3. The minimum Gasteiger partial charge on any atom is -0.506 e. The maximum absolute atomic E-state index is 13.5. The number of aryl methyl sites for hydroxylation is 4. The molecule has 42 heteroatoms. The molecule has 8 aromatic heterocycles. The molecule has 0 aliphatic carbocycles. The number of fused-ring (bicyclic) bond motifs is 4. The molecule has 0 spiro atoms. The fraction of sp³-hybridized carbons (Fsp3) is 0.221. The lowest BCUT2D eigenvalue weighted by Crippen LogP contribution is -2.35. The van der Waals surface area contributed by atoms with Crippen molar-refractivity contribution in [3.63, 3.8) is 0 Å². The molecule has 0 aliphatic rings. The largest absolute Gasteiger partial charge is 0.534 e. The highest BCUT2D eigenvalue weighted by Crippen LogP contribution is 2.37. The number of ether oxygens (including phenoxy) is 3. The van der Waals surface area contributed by atoms with Crippen molar-refractivity contribution in [2.24, 2.45) is 0 Å². The van der Waals surface area contributed by atoms with Crippen molar-refractivity contribution in [3.05, 3.63) is 327 Å². The topological polar surface area (TPSA) is 395 Å². The molecule has 0 saturated heterocycles. The van der Waals surface area contributed by atoms with Crippen LogP contribution in [0.15, 0.2) is 220 Å². The predicted octanol–water partition coefficient (Wildman–Crippen LogP) is 12.6. The maximum atomic E-state index is 13.5. The number of pyridine rings is 4. The molecule has 0 bridgehead atoms. The highest BCUT2D eigenvalue weighted by molar-refractivity contribution is 7.88. The summed E-state index contributed by atoms with van der Waals surface area (Å²) in [5.74, 6) is -4.96. The van der Waals surface area contributed by atoms with E-state index in [4.69, 9.17) is 33.6 Å². The van der Waals surface area contributed by atoms with E-state index in [-0.39, 0.29) is 93.0 Å². The quantitative estimate of drug-likeness (QED) is 0.0149. The van der Waals surface area contributed by atoms with Gasteiger partial charge in [-0.25, -0.2) is 54.3 Å². The third kappa shape index (κ3) is 22.0. The molecule has 14 aromatic rings. The maximum Gasteiger partial charge on any atom is 0.534 e. The van der Waals surface area contributed by atoms with E-state index in [1.54, 1.807) is 65.0 Å². The Bertz CT molecular complexity index is 6750. The first-order valence-corrected chi connectivity index (χ1v) is 39.7. The Labute approximate surface area is 718 Å². The van der Waals surface area contributed by atoms with E-state index in [2.05, 4.69) is 54.7 Å². The Hall–Kier alpha value is -15.4. The number of aromatic nitrogens is 12. The van der Waals surface area contributed by atoms with Crippen LogP contribution in [0.2, 0.25) is 0 Å². The van der Waals surface area contributed by atoms with E-state index in [1.807, 2.05) is 91.0 Å². The van der Waals surface area contributed by atoms with E-state index in [1.165, 1.54) is 63.2 Å². The third-order valence-electron chi connectivity index (χ3n) is 18.4. The Balaban J connectivity index is 0.000000166. The molecular weight excluding hydrogens is 1720 g/mol. The molecule has 128 heavy (non-hydrogen) atoms. The summed E-state index contributed by atoms with van der Waals surface area (Å²) in [5, 5.41) is 17.2. The third-order valence-corrected chi connectivity index (χ3v) is 19.4. The average Bonchev–Trinajstić information content (AvgIpc) is 0.375. The number of nitrogens with one attached hydrogen (secondary N) is 2. The summed E-state index contributed by atoms with van der Waals surface area (Å²) in [6.07, 6.45) is -4.00. The van der Waals surface area contributed by atoms with Crippen LogP contribution in [0.3, 0.4) is 0 Å². The molecule has 8 heterocycles. The molecule has 666 valence electrons. The van der Waals surface area contributed by atoms with Gasteiger partial charge in [0, 0.05) is 19.2 Å². The SMILES string of the molecule is CCOC(=O)c1c(NCc2ccc(C(F)(F)F)cc2)c2c(C)ncnc2n(OCc2ccccc2)c1=O.CCOC(=O)c1c(O)c2c(C)ncnc2n(OCc2ccccc2)c1=O.CCOC(=O)c1c(OS(=O)(=O)C(F)(F)F)c2c(C)ncnc2n(OCc2ccccc2)c1=O.Cc1ncnc2c1c(NCc1ccc(C(F)(F)F)cc1)cc(=O)n2OCc1ccccc1. The Morgan fingerprint density at radius 1 is 0.391 bits per heavy atom. The number of rotatable bonds is 26. The fourth-order valence-corrected chi connectivity index (χ4v) is 12.8. The second-order valence-corrected chi connectivity index (χ2v) is 28.6. The molecule has 0 fully saturated rings. The molecule has 0 aliphatic heterocycles. The molecule has 0 saturated carbocycles. The number of nitrogens with zero attached hydrogens (tertiary/aromatic N) is 12. The summed E-state index contributed by atoms with van der Waals surface area (Å²) in [6, 6.07) is 47.0. The lowest BCUT2D eigenvalue weighted by Gasteiger charge is -2.19. The van der Waals surface area contributed by atoms with Gasteiger partial charge < -0.3 is 53.5 Å². The Morgan fingerprint density at radius 2 is 0.711 bits per heavy atom. The zero-order valence-electron chi connectivity index (χ0n) is 68.5. The van der Waals surface area contributed by atoms with Crippen molar-refractivity contribution in [2.75, 3.05) is 30.5 Å². The van der Waals surface area contributed by atoms with Gasteiger partial charge >= 0.3 is 62.6 Å². The number of benzene rings is 6. The van der Waals surface area contributed by atoms with Crippen LogP contribution in [0.4, 0.5) is 50.9 Å². The van der Waals surface area contributed by atoms with Crippen molar-refractivity contribution in [3.8, 4) is 11.5 Å². The normalized spacial score (nSPS) is 11.4. The van der Waals surface area contributed by atoms with Crippen molar-refractivity contribution in [1.29, 1.82) is 0 Å². The van der Waals surface area contributed by atoms with Gasteiger partial charge in [-0.15, -0.1) is 18.9 Å². The van der Waals surface area contributed by atoms with Gasteiger partial charge in [-0.3, -0.25) is 19.2 Å². The van der Waals surface area contributed by atoms with E-state index in [0.717, 1.165) is 61.5 Å². The second kappa shape index (κ2) is 40.9. The average molecular weight is 1800 g/mol. The molecule has 3 N–H and O–H groups in total. The van der Waals surface area contributed by atoms with E-state index in [0.29, 0.717) is 60.6 Å². The second-order valence-electron chi connectivity index (χ2n) is 27.1. The van der Waals surface area contributed by atoms with Gasteiger partial charge in [0.05, 0.1) is 86.6 Å². The van der Waals surface area contributed by atoms with Crippen LogP contribution in [-0.4, -0.2) is 116 Å². The molecule has 0 atom stereocenters. The number of carbonyl (C=O) groups excluding carboxylic acids is 3. The Morgan fingerprint density at radius 3 is 1.10 bits per heavy atom. The summed E-state index contributed by atoms with van der Waals surface area (Å²) < 4.78 is 162. The van der Waals surface area contributed by atoms with E-state index in [9.17, 15) is 86.6 Å². The number of hydrogen-bond acceptors (Lipinski definition) is 28. The standard InChI is InChI=1S/C26H23F3N4O4.C23H19F3N4O2.C19H16F3N3O7S.C18H17N3O5/c1-3-36-25(35)21-22(30-13-17-9-11-19(12-10-17)26(27,28)29)20-16(2)31-15-32-23(20)33(24(21)34)37-14-18-7-5-4-6-8-18;1-15-21-19(27-12-16-7-9-18(10-8-16)23(24,25)26)11-20(31)30(22(21)29-14-28-15)32-13-17-5-3-2-4-6-17;1-3-30-18(27)14-15(32-33(28,29)19(20,21)22)13-11(2)23-10-24-16(13)25(17(14)26)31-9-12-7-5-4-6-8-12;1-3-25-18(24)14-15(22)13-11(2)19-10-20-16(13)21(17(14)23)26-9-12-7-5-4-6-8-12/h4-12,15,30H,3,13-14H2,1-2H3;2-11,14,27H,12-13H2,1H3;4-8,10H,3,9H2,1-2H3;4-8,10,22H,3,9H2,1-2H3. The molecule has 14 rings (SSSR count). The summed E-state index contributed by atoms with van der Waals surface area (Å²) in [4.78, 5) is 145. The van der Waals surface area contributed by atoms with Crippen molar-refractivity contribution in [1.82, 2.24) is 58.8 Å². The number of halogens is 9. The number of carbonyl (C=O) groups is 3. The van der Waals surface area contributed by atoms with Crippen LogP contribution in [0.1, 0.15) is 119 Å². The summed E-state index contributed by atoms with van der Waals surface area (Å²) >= 11 is 0. The van der Waals surface area contributed by atoms with Crippen molar-refractivity contribution < 1.29 is 105 Å². The van der Waals surface area contributed by atoms with Crippen LogP contribution >= 0.6 is 0 Å². The zero-order valence-corrected chi connectivity index (χ0v) is 69.3. The number of aromatic hydroxyl groups is 1. The zero-order chi connectivity index (χ0) is 92.4. The van der Waals surface area contributed by atoms with Crippen LogP contribution in [-0.2, 0) is 76.2 Å². The number of esters is 3. The minimum atomic E-state index is -6.27. The predicted molar refractivity (Wildman–Crippen MR) is 444 cm³/mol. The van der Waals surface area contributed by atoms with Gasteiger partial charge in [-0.1, -0.05) is 146 Å². The smallest absolute Gasteiger partial charge is 0.506 e. The van der Waals surface area contributed by atoms with Crippen LogP contribution in [0, 0.1) is 27.7 Å². The van der Waals surface area contributed by atoms with Gasteiger partial charge in [0.1, 0.15) is 57.5 Å². The monoisotopic (exact) mass is 1790 g/mol. The first-order valence-electron chi connectivity index (χ1n) is 38.3. The molecule has 0 radical (unpaired) electrons. The molecule has 32 nitrogen and oxygen atoms in total. The van der Waals surface area contributed by atoms with Gasteiger partial charge in [-0.2, -0.15) is 47.9 Å². The van der Waals surface area contributed by atoms with Gasteiger partial charge in [0.25, 0.3) is 5.56 Å². The van der Waals surface area contributed by atoms with E-state index < -0.39 is 113 Å². The summed E-state index contributed by atoms with van der Waals surface area (Å²) in [7, 11) is -6.27. The highest BCUT2D eigenvalue weighted by Gasteiger charge is 2.50. The summed E-state index contributed by atoms with van der Waals surface area (Å²) in [6.45, 7) is 11.1. The first-order chi connectivity index (χ1) is 61.0. The lowest BCUT2D eigenvalue weighted by molar-refractivity contribution is -0.138. The van der Waals surface area contributed by atoms with E-state index >= 15 is 0 Å². The van der Waals surface area contributed by atoms with Crippen LogP contribution < -0.4 is 56.4 Å². The number of anilines is 2. The number of alkyl halides is 9. The number of hydrogen-bond donors (Lipinski definition) is 3. The van der Waals surface area contributed by atoms with Crippen molar-refractivity contribution in [2.45, 2.75) is 106 Å². The molecule has 6 aromatic carbocycles. The highest BCUT2D eigenvalue weighted by atomic mass is 32.2. The van der Waals surface area contributed by atoms with Crippen LogP contribution in [0.5, 0.6) is 11.5 Å². The van der Waals surface area contributed by atoms with Gasteiger partial charge in [0.15, 0.2) is 45.0 Å². The molecule has 0 unspecified atom stereocenters.